The van der Waals surface area contributed by atoms with Gasteiger partial charge in [-0.3, -0.25) is 4.98 Å². The summed E-state index contributed by atoms with van der Waals surface area (Å²) in [5.74, 6) is -1.28. The molecule has 0 aliphatic rings. The Kier molecular flexibility index (Phi) is 4.85. The normalized spacial score (nSPS) is 13.8. The molecule has 1 rings (SSSR count). The van der Waals surface area contributed by atoms with Gasteiger partial charge in [0.1, 0.15) is 0 Å². The predicted octanol–water partition coefficient (Wildman–Crippen LogP) is -0.224. The third-order valence-corrected chi connectivity index (χ3v) is 2.72. The first-order valence-electron chi connectivity index (χ1n) is 4.83. The Morgan fingerprint density at radius 3 is 2.76 bits per heavy atom. The van der Waals surface area contributed by atoms with E-state index in [0.717, 1.165) is 4.88 Å². The number of aliphatic carboxylic acids is 1. The lowest BCUT2D eigenvalue weighted by Crippen LogP contribution is -2.50. The minimum absolute atomic E-state index is 0.267. The maximum absolute atomic E-state index is 11.3. The van der Waals surface area contributed by atoms with E-state index in [9.17, 15) is 9.59 Å². The van der Waals surface area contributed by atoms with E-state index in [0.29, 0.717) is 0 Å². The minimum atomic E-state index is -1.32. The van der Waals surface area contributed by atoms with Crippen LogP contribution in [0.15, 0.2) is 11.7 Å². The van der Waals surface area contributed by atoms with Crippen LogP contribution >= 0.6 is 11.3 Å². The molecule has 17 heavy (non-hydrogen) atoms. The van der Waals surface area contributed by atoms with Crippen molar-refractivity contribution in [2.75, 3.05) is 0 Å². The van der Waals surface area contributed by atoms with Crippen molar-refractivity contribution < 1.29 is 19.8 Å². The highest BCUT2D eigenvalue weighted by molar-refractivity contribution is 7.09. The molecule has 8 heteroatoms. The van der Waals surface area contributed by atoms with Gasteiger partial charge in [0.15, 0.2) is 6.04 Å². The van der Waals surface area contributed by atoms with Crippen LogP contribution in [-0.2, 0) is 11.3 Å². The van der Waals surface area contributed by atoms with Gasteiger partial charge >= 0.3 is 12.0 Å². The number of thiazole rings is 1. The number of carboxylic acid groups (broad SMARTS) is 1. The summed E-state index contributed by atoms with van der Waals surface area (Å²) >= 11 is 1.38. The van der Waals surface area contributed by atoms with Crippen molar-refractivity contribution in [2.45, 2.75) is 25.6 Å². The van der Waals surface area contributed by atoms with Crippen molar-refractivity contribution in [3.63, 3.8) is 0 Å². The highest BCUT2D eigenvalue weighted by Gasteiger charge is 2.24. The van der Waals surface area contributed by atoms with Crippen molar-refractivity contribution in [1.29, 1.82) is 0 Å². The third kappa shape index (κ3) is 4.37. The number of aliphatic hydroxyl groups is 1. The first-order valence-corrected chi connectivity index (χ1v) is 5.71. The van der Waals surface area contributed by atoms with E-state index in [1.54, 1.807) is 11.7 Å². The van der Waals surface area contributed by atoms with Gasteiger partial charge in [-0.1, -0.05) is 0 Å². The number of carboxylic acids is 1. The Morgan fingerprint density at radius 2 is 2.29 bits per heavy atom. The zero-order chi connectivity index (χ0) is 12.8. The molecule has 2 atom stereocenters. The molecule has 0 saturated carbocycles. The van der Waals surface area contributed by atoms with Crippen molar-refractivity contribution in [2.24, 2.45) is 0 Å². The van der Waals surface area contributed by atoms with E-state index >= 15 is 0 Å². The summed E-state index contributed by atoms with van der Waals surface area (Å²) in [6.07, 6.45) is 0.440. The van der Waals surface area contributed by atoms with Gasteiger partial charge in [-0.05, 0) is 6.92 Å². The fourth-order valence-electron chi connectivity index (χ4n) is 1.08. The maximum Gasteiger partial charge on any atom is 0.328 e. The van der Waals surface area contributed by atoms with Crippen LogP contribution in [-0.4, -0.2) is 39.3 Å². The van der Waals surface area contributed by atoms with Gasteiger partial charge in [-0.2, -0.15) is 0 Å². The zero-order valence-corrected chi connectivity index (χ0v) is 9.90. The summed E-state index contributed by atoms with van der Waals surface area (Å²) in [5.41, 5.74) is 1.63. The van der Waals surface area contributed by atoms with Gasteiger partial charge in [-0.15, -0.1) is 11.3 Å². The lowest BCUT2D eigenvalue weighted by Gasteiger charge is -2.17. The third-order valence-electron chi connectivity index (χ3n) is 1.94. The summed E-state index contributed by atoms with van der Waals surface area (Å²) in [4.78, 5) is 26.7. The number of hydrogen-bond acceptors (Lipinski definition) is 5. The number of rotatable bonds is 5. The Morgan fingerprint density at radius 1 is 1.59 bits per heavy atom. The number of urea groups is 1. The Hall–Kier alpha value is -1.67. The quantitative estimate of drug-likeness (QED) is 0.584. The monoisotopic (exact) mass is 259 g/mol. The number of nitrogens with zero attached hydrogens (tertiary/aromatic N) is 1. The van der Waals surface area contributed by atoms with Crippen LogP contribution in [0.3, 0.4) is 0 Å². The lowest BCUT2D eigenvalue weighted by atomic mass is 10.2. The number of aliphatic hydroxyl groups excluding tert-OH is 1. The average Bonchev–Trinajstić information content (AvgIpc) is 2.74. The Labute approximate surface area is 101 Å². The molecule has 4 N–H and O–H groups in total. The molecule has 0 bridgehead atoms. The van der Waals surface area contributed by atoms with E-state index in [1.165, 1.54) is 18.3 Å². The van der Waals surface area contributed by atoms with E-state index in [-0.39, 0.29) is 6.54 Å². The topological polar surface area (TPSA) is 112 Å². The summed E-state index contributed by atoms with van der Waals surface area (Å²) in [7, 11) is 0. The predicted molar refractivity (Wildman–Crippen MR) is 60.6 cm³/mol. The van der Waals surface area contributed by atoms with Crippen LogP contribution in [0.4, 0.5) is 4.79 Å². The van der Waals surface area contributed by atoms with Crippen LogP contribution in [0.25, 0.3) is 0 Å². The lowest BCUT2D eigenvalue weighted by molar-refractivity contribution is -0.141. The fourth-order valence-corrected chi connectivity index (χ4v) is 1.61. The number of carbonyl (C=O) groups is 2. The van der Waals surface area contributed by atoms with Gasteiger partial charge in [0.2, 0.25) is 0 Å². The molecule has 1 aromatic heterocycles. The van der Waals surface area contributed by atoms with Crippen LogP contribution in [0.2, 0.25) is 0 Å². The molecular weight excluding hydrogens is 246 g/mol. The van der Waals surface area contributed by atoms with Gasteiger partial charge in [-0.25, -0.2) is 9.59 Å². The second-order valence-electron chi connectivity index (χ2n) is 3.35. The summed E-state index contributed by atoms with van der Waals surface area (Å²) in [6, 6.07) is -1.97. The van der Waals surface area contributed by atoms with Gasteiger partial charge in [0.25, 0.3) is 0 Å². The van der Waals surface area contributed by atoms with Gasteiger partial charge < -0.3 is 20.8 Å². The van der Waals surface area contributed by atoms with Gasteiger partial charge in [0, 0.05) is 11.1 Å². The first-order chi connectivity index (χ1) is 8.00. The van der Waals surface area contributed by atoms with Crippen LogP contribution in [0, 0.1) is 0 Å². The summed E-state index contributed by atoms with van der Waals surface area (Å²) < 4.78 is 0. The fraction of sp³-hybridized carbons (Fsp3) is 0.444. The molecule has 0 aliphatic carbocycles. The molecule has 1 heterocycles. The van der Waals surface area contributed by atoms with E-state index < -0.39 is 24.1 Å². The molecule has 0 aliphatic heterocycles. The Balaban J connectivity index is 2.40. The van der Waals surface area contributed by atoms with Crippen LogP contribution in [0.1, 0.15) is 11.8 Å². The second-order valence-corrected chi connectivity index (χ2v) is 4.32. The molecule has 2 unspecified atom stereocenters. The van der Waals surface area contributed by atoms with Crippen molar-refractivity contribution in [3.05, 3.63) is 16.6 Å². The van der Waals surface area contributed by atoms with Crippen molar-refractivity contribution >= 4 is 23.3 Å². The highest BCUT2D eigenvalue weighted by atomic mass is 32.1. The average molecular weight is 259 g/mol. The van der Waals surface area contributed by atoms with Crippen LogP contribution < -0.4 is 10.6 Å². The molecule has 0 saturated heterocycles. The zero-order valence-electron chi connectivity index (χ0n) is 9.08. The van der Waals surface area contributed by atoms with Crippen molar-refractivity contribution in [3.8, 4) is 0 Å². The van der Waals surface area contributed by atoms with Crippen LogP contribution in [0.5, 0.6) is 0 Å². The van der Waals surface area contributed by atoms with E-state index in [2.05, 4.69) is 15.6 Å². The Bertz CT molecular complexity index is 380. The number of nitrogens with one attached hydrogen (secondary N) is 2. The van der Waals surface area contributed by atoms with Gasteiger partial charge in [0.05, 0.1) is 18.2 Å². The highest BCUT2D eigenvalue weighted by Crippen LogP contribution is 2.03. The first kappa shape index (κ1) is 13.4. The molecular formula is C9H13N3O4S. The molecule has 0 fully saturated rings. The molecule has 0 spiro atoms. The standard InChI is InChI=1S/C9H13N3O4S/c1-5(13)7(8(14)15)12-9(16)11-3-6-2-10-4-17-6/h2,4-5,7,13H,3H2,1H3,(H,14,15)(H2,11,12,16). The molecule has 0 radical (unpaired) electrons. The second kappa shape index (κ2) is 6.16. The molecule has 2 amide bonds. The number of hydrogen-bond donors (Lipinski definition) is 4. The maximum atomic E-state index is 11.3. The van der Waals surface area contributed by atoms with E-state index in [4.69, 9.17) is 10.2 Å². The minimum Gasteiger partial charge on any atom is -0.480 e. The summed E-state index contributed by atoms with van der Waals surface area (Å²) in [6.45, 7) is 1.56. The molecule has 94 valence electrons. The smallest absolute Gasteiger partial charge is 0.328 e. The molecule has 0 aromatic carbocycles. The number of aromatic nitrogens is 1. The SMILES string of the molecule is CC(O)C(NC(=O)NCc1cncs1)C(=O)O. The molecule has 1 aromatic rings. The molecule has 7 nitrogen and oxygen atoms in total. The van der Waals surface area contributed by atoms with Crippen molar-refractivity contribution in [1.82, 2.24) is 15.6 Å². The number of amides is 2. The van der Waals surface area contributed by atoms with E-state index in [1.807, 2.05) is 0 Å². The number of carbonyl (C=O) groups excluding carboxylic acids is 1. The largest absolute Gasteiger partial charge is 0.480 e. The summed E-state index contributed by atoms with van der Waals surface area (Å²) in [5, 5.41) is 22.5.